The van der Waals surface area contributed by atoms with E-state index in [2.05, 4.69) is 15.5 Å². The molecular formula is C15H19N3O3S. The van der Waals surface area contributed by atoms with E-state index in [1.165, 1.54) is 11.8 Å². The molecule has 118 valence electrons. The van der Waals surface area contributed by atoms with Crippen molar-refractivity contribution >= 4 is 17.7 Å². The Bertz CT molecular complexity index is 628. The second kappa shape index (κ2) is 7.84. The zero-order valence-electron chi connectivity index (χ0n) is 12.8. The average Bonchev–Trinajstić information content (AvgIpc) is 2.99. The highest BCUT2D eigenvalue weighted by molar-refractivity contribution is 7.99. The summed E-state index contributed by atoms with van der Waals surface area (Å²) in [7, 11) is 1.59. The summed E-state index contributed by atoms with van der Waals surface area (Å²) < 4.78 is 10.8. The van der Waals surface area contributed by atoms with Crippen molar-refractivity contribution in [2.45, 2.75) is 19.1 Å². The number of nitrogens with one attached hydrogen (secondary N) is 1. The van der Waals surface area contributed by atoms with Gasteiger partial charge in [-0.3, -0.25) is 4.79 Å². The molecule has 0 spiro atoms. The fourth-order valence-corrected chi connectivity index (χ4v) is 2.29. The van der Waals surface area contributed by atoms with Crippen LogP contribution in [-0.4, -0.2) is 35.5 Å². The molecule has 2 aromatic rings. The highest BCUT2D eigenvalue weighted by atomic mass is 32.2. The van der Waals surface area contributed by atoms with E-state index < -0.39 is 0 Å². The maximum atomic E-state index is 11.7. The van der Waals surface area contributed by atoms with Gasteiger partial charge in [-0.2, -0.15) is 0 Å². The van der Waals surface area contributed by atoms with Crippen LogP contribution in [0, 0.1) is 5.92 Å². The first-order valence-electron chi connectivity index (χ1n) is 6.96. The van der Waals surface area contributed by atoms with Gasteiger partial charge in [-0.1, -0.05) is 37.7 Å². The van der Waals surface area contributed by atoms with E-state index in [9.17, 15) is 4.79 Å². The number of para-hydroxylation sites is 1. The Labute approximate surface area is 133 Å². The zero-order chi connectivity index (χ0) is 15.9. The maximum absolute atomic E-state index is 11.7. The largest absolute Gasteiger partial charge is 0.496 e. The minimum Gasteiger partial charge on any atom is -0.496 e. The zero-order valence-corrected chi connectivity index (χ0v) is 13.6. The van der Waals surface area contributed by atoms with Crippen LogP contribution in [0.4, 0.5) is 0 Å². The van der Waals surface area contributed by atoms with Crippen molar-refractivity contribution in [2.24, 2.45) is 5.92 Å². The lowest BCUT2D eigenvalue weighted by molar-refractivity contribution is -0.118. The van der Waals surface area contributed by atoms with Crippen molar-refractivity contribution in [3.05, 3.63) is 24.3 Å². The number of carbonyl (C=O) groups is 1. The third kappa shape index (κ3) is 4.49. The molecule has 7 heteroatoms. The van der Waals surface area contributed by atoms with Crippen LogP contribution in [0.2, 0.25) is 0 Å². The SMILES string of the molecule is COc1ccccc1-c1nnc(SCC(=O)NCC(C)C)o1. The number of nitrogens with zero attached hydrogens (tertiary/aromatic N) is 2. The molecule has 6 nitrogen and oxygen atoms in total. The lowest BCUT2D eigenvalue weighted by atomic mass is 10.2. The van der Waals surface area contributed by atoms with E-state index in [0.717, 1.165) is 5.56 Å². The number of carbonyl (C=O) groups excluding carboxylic acids is 1. The van der Waals surface area contributed by atoms with Gasteiger partial charge in [0.05, 0.1) is 18.4 Å². The molecule has 0 aliphatic carbocycles. The molecule has 0 fully saturated rings. The second-order valence-electron chi connectivity index (χ2n) is 5.06. The first-order valence-corrected chi connectivity index (χ1v) is 7.95. The quantitative estimate of drug-likeness (QED) is 0.790. The highest BCUT2D eigenvalue weighted by Crippen LogP contribution is 2.30. The second-order valence-corrected chi connectivity index (χ2v) is 5.99. The monoisotopic (exact) mass is 321 g/mol. The number of rotatable bonds is 7. The molecule has 0 aliphatic rings. The molecule has 1 N–H and O–H groups in total. The summed E-state index contributed by atoms with van der Waals surface area (Å²) in [6.07, 6.45) is 0. The summed E-state index contributed by atoms with van der Waals surface area (Å²) in [6, 6.07) is 7.41. The summed E-state index contributed by atoms with van der Waals surface area (Å²) in [5.41, 5.74) is 0.730. The van der Waals surface area contributed by atoms with Crippen LogP contribution in [0.25, 0.3) is 11.5 Å². The molecule has 1 heterocycles. The summed E-state index contributed by atoms with van der Waals surface area (Å²) in [5, 5.41) is 11.1. The Morgan fingerprint density at radius 2 is 2.14 bits per heavy atom. The van der Waals surface area contributed by atoms with E-state index in [0.29, 0.717) is 29.3 Å². The van der Waals surface area contributed by atoms with Crippen molar-refractivity contribution in [3.8, 4) is 17.2 Å². The van der Waals surface area contributed by atoms with Crippen LogP contribution in [0.3, 0.4) is 0 Å². The van der Waals surface area contributed by atoms with E-state index in [1.807, 2.05) is 38.1 Å². The summed E-state index contributed by atoms with van der Waals surface area (Å²) in [6.45, 7) is 4.76. The fourth-order valence-electron chi connectivity index (χ4n) is 1.69. The molecule has 0 unspecified atom stereocenters. The Morgan fingerprint density at radius 3 is 2.86 bits per heavy atom. The van der Waals surface area contributed by atoms with Gasteiger partial charge in [0.25, 0.3) is 11.1 Å². The van der Waals surface area contributed by atoms with Crippen molar-refractivity contribution in [1.29, 1.82) is 0 Å². The summed E-state index contributed by atoms with van der Waals surface area (Å²) in [5.74, 6) is 1.67. The number of methoxy groups -OCH3 is 1. The first kappa shape index (κ1) is 16.4. The fraction of sp³-hybridized carbons (Fsp3) is 0.400. The molecule has 22 heavy (non-hydrogen) atoms. The van der Waals surface area contributed by atoms with E-state index in [1.54, 1.807) is 7.11 Å². The van der Waals surface area contributed by atoms with Gasteiger partial charge in [0.1, 0.15) is 5.75 Å². The standard InChI is InChI=1S/C15H19N3O3S/c1-10(2)8-16-13(19)9-22-15-18-17-14(21-15)11-6-4-5-7-12(11)20-3/h4-7,10H,8-9H2,1-3H3,(H,16,19). The number of hydrogen-bond donors (Lipinski definition) is 1. The molecule has 0 bridgehead atoms. The Morgan fingerprint density at radius 1 is 1.36 bits per heavy atom. The number of hydrogen-bond acceptors (Lipinski definition) is 6. The van der Waals surface area contributed by atoms with E-state index >= 15 is 0 Å². The van der Waals surface area contributed by atoms with Crippen LogP contribution in [0.5, 0.6) is 5.75 Å². The third-order valence-electron chi connectivity index (χ3n) is 2.78. The maximum Gasteiger partial charge on any atom is 0.277 e. The van der Waals surface area contributed by atoms with Crippen molar-refractivity contribution in [3.63, 3.8) is 0 Å². The molecule has 1 amide bonds. The topological polar surface area (TPSA) is 77.2 Å². The van der Waals surface area contributed by atoms with Crippen LogP contribution < -0.4 is 10.1 Å². The smallest absolute Gasteiger partial charge is 0.277 e. The lowest BCUT2D eigenvalue weighted by Gasteiger charge is -2.06. The van der Waals surface area contributed by atoms with Gasteiger partial charge in [-0.25, -0.2) is 0 Å². The minimum atomic E-state index is -0.0456. The molecule has 0 saturated heterocycles. The number of aromatic nitrogens is 2. The predicted molar refractivity (Wildman–Crippen MR) is 84.9 cm³/mol. The summed E-state index contributed by atoms with van der Waals surface area (Å²) in [4.78, 5) is 11.7. The van der Waals surface area contributed by atoms with Gasteiger partial charge in [0, 0.05) is 6.54 Å². The van der Waals surface area contributed by atoms with Crippen molar-refractivity contribution < 1.29 is 13.9 Å². The molecule has 0 radical (unpaired) electrons. The molecule has 1 aromatic heterocycles. The number of ether oxygens (including phenoxy) is 1. The van der Waals surface area contributed by atoms with Gasteiger partial charge < -0.3 is 14.5 Å². The molecule has 0 saturated carbocycles. The van der Waals surface area contributed by atoms with Crippen LogP contribution in [-0.2, 0) is 4.79 Å². The van der Waals surface area contributed by atoms with Gasteiger partial charge >= 0.3 is 0 Å². The van der Waals surface area contributed by atoms with Gasteiger partial charge in [0.15, 0.2) is 0 Å². The number of thioether (sulfide) groups is 1. The van der Waals surface area contributed by atoms with Crippen LogP contribution in [0.1, 0.15) is 13.8 Å². The van der Waals surface area contributed by atoms with Crippen LogP contribution >= 0.6 is 11.8 Å². The van der Waals surface area contributed by atoms with Crippen molar-refractivity contribution in [2.75, 3.05) is 19.4 Å². The summed E-state index contributed by atoms with van der Waals surface area (Å²) >= 11 is 1.22. The molecule has 0 aliphatic heterocycles. The van der Waals surface area contributed by atoms with E-state index in [-0.39, 0.29) is 11.7 Å². The molecule has 0 atom stereocenters. The number of amides is 1. The third-order valence-corrected chi connectivity index (χ3v) is 3.60. The normalized spacial score (nSPS) is 10.7. The minimum absolute atomic E-state index is 0.0456. The molecule has 1 aromatic carbocycles. The Balaban J connectivity index is 1.96. The van der Waals surface area contributed by atoms with Gasteiger partial charge in [-0.15, -0.1) is 10.2 Å². The predicted octanol–water partition coefficient (Wildman–Crippen LogP) is 2.61. The van der Waals surface area contributed by atoms with Crippen molar-refractivity contribution in [1.82, 2.24) is 15.5 Å². The Kier molecular flexibility index (Phi) is 5.83. The molecule has 2 rings (SSSR count). The van der Waals surface area contributed by atoms with Gasteiger partial charge in [-0.05, 0) is 18.1 Å². The van der Waals surface area contributed by atoms with E-state index in [4.69, 9.17) is 9.15 Å². The molecular weight excluding hydrogens is 302 g/mol. The van der Waals surface area contributed by atoms with Gasteiger partial charge in [0.2, 0.25) is 5.91 Å². The van der Waals surface area contributed by atoms with Crippen LogP contribution in [0.15, 0.2) is 33.9 Å². The first-order chi connectivity index (χ1) is 10.6. The Hall–Kier alpha value is -2.02. The average molecular weight is 321 g/mol. The number of benzene rings is 1. The highest BCUT2D eigenvalue weighted by Gasteiger charge is 2.14. The lowest BCUT2D eigenvalue weighted by Crippen LogP contribution is -2.28.